The highest BCUT2D eigenvalue weighted by atomic mass is 35.5. The number of nitrogens with one attached hydrogen (secondary N) is 1. The lowest BCUT2D eigenvalue weighted by Crippen LogP contribution is -2.47. The van der Waals surface area contributed by atoms with Crippen LogP contribution in [0.5, 0.6) is 0 Å². The van der Waals surface area contributed by atoms with E-state index >= 15 is 0 Å². The van der Waals surface area contributed by atoms with Crippen LogP contribution in [-0.2, 0) is 4.79 Å². The van der Waals surface area contributed by atoms with Crippen molar-refractivity contribution in [3.63, 3.8) is 0 Å². The Kier molecular flexibility index (Phi) is 5.85. The summed E-state index contributed by atoms with van der Waals surface area (Å²) in [5.74, 6) is -0.297. The normalized spacial score (nSPS) is 14.4. The van der Waals surface area contributed by atoms with E-state index in [4.69, 9.17) is 23.2 Å². The van der Waals surface area contributed by atoms with Gasteiger partial charge in [0.2, 0.25) is 5.91 Å². The first-order valence-corrected chi connectivity index (χ1v) is 6.72. The summed E-state index contributed by atoms with van der Waals surface area (Å²) in [4.78, 5) is 11.8. The number of benzene rings is 1. The third-order valence-corrected chi connectivity index (χ3v) is 3.61. The summed E-state index contributed by atoms with van der Waals surface area (Å²) in [6, 6.07) is 5.14. The van der Waals surface area contributed by atoms with Gasteiger partial charge >= 0.3 is 0 Å². The molecule has 5 heteroatoms. The molecular formula is C14H17Cl2NO2. The first-order valence-electron chi connectivity index (χ1n) is 5.97. The number of halogens is 2. The molecule has 1 aromatic rings. The van der Waals surface area contributed by atoms with Crippen molar-refractivity contribution in [1.82, 2.24) is 5.32 Å². The zero-order chi connectivity index (χ0) is 14.5. The van der Waals surface area contributed by atoms with Crippen molar-refractivity contribution in [2.75, 3.05) is 6.61 Å². The van der Waals surface area contributed by atoms with Crippen molar-refractivity contribution in [3.05, 3.63) is 39.9 Å². The first kappa shape index (κ1) is 16.0. The number of aliphatic hydroxyl groups is 1. The Morgan fingerprint density at radius 2 is 2.00 bits per heavy atom. The summed E-state index contributed by atoms with van der Waals surface area (Å²) in [5, 5.41) is 12.9. The summed E-state index contributed by atoms with van der Waals surface area (Å²) < 4.78 is 0. The number of hydrogen-bond acceptors (Lipinski definition) is 2. The first-order chi connectivity index (χ1) is 8.91. The quantitative estimate of drug-likeness (QED) is 0.820. The Morgan fingerprint density at radius 1 is 1.42 bits per heavy atom. The molecule has 1 unspecified atom stereocenters. The van der Waals surface area contributed by atoms with Crippen molar-refractivity contribution < 1.29 is 9.90 Å². The van der Waals surface area contributed by atoms with Crippen LogP contribution in [0, 0.1) is 0 Å². The molecule has 0 aromatic heterocycles. The van der Waals surface area contributed by atoms with Gasteiger partial charge in [-0.3, -0.25) is 4.79 Å². The smallest absolute Gasteiger partial charge is 0.244 e. The fraction of sp³-hybridized carbons (Fsp3) is 0.357. The van der Waals surface area contributed by atoms with Crippen LogP contribution >= 0.6 is 23.2 Å². The van der Waals surface area contributed by atoms with Crippen molar-refractivity contribution in [2.24, 2.45) is 0 Å². The molecule has 2 N–H and O–H groups in total. The minimum Gasteiger partial charge on any atom is -0.394 e. The third kappa shape index (κ3) is 4.53. The zero-order valence-electron chi connectivity index (χ0n) is 10.9. The lowest BCUT2D eigenvalue weighted by Gasteiger charge is -2.26. The molecule has 3 nitrogen and oxygen atoms in total. The molecular weight excluding hydrogens is 285 g/mol. The van der Waals surface area contributed by atoms with E-state index in [1.165, 1.54) is 6.08 Å². The molecule has 0 aliphatic carbocycles. The van der Waals surface area contributed by atoms with E-state index in [2.05, 4.69) is 5.32 Å². The van der Waals surface area contributed by atoms with Gasteiger partial charge in [-0.2, -0.15) is 0 Å². The standard InChI is InChI=1S/C14H17Cl2NO2/c1-3-14(2,9-18)17-13(19)8-7-10-11(15)5-4-6-12(10)16/h4-8,18H,3,9H2,1-2H3,(H,17,19). The van der Waals surface area contributed by atoms with E-state index in [9.17, 15) is 9.90 Å². The number of carbonyl (C=O) groups excluding carboxylic acids is 1. The number of hydrogen-bond donors (Lipinski definition) is 2. The Labute approximate surface area is 123 Å². The SMILES string of the molecule is CCC(C)(CO)NC(=O)C=Cc1c(Cl)cccc1Cl. The average molecular weight is 302 g/mol. The van der Waals surface area contributed by atoms with Crippen molar-refractivity contribution >= 4 is 35.2 Å². The van der Waals surface area contributed by atoms with Crippen molar-refractivity contribution in [1.29, 1.82) is 0 Å². The second-order valence-electron chi connectivity index (χ2n) is 4.53. The average Bonchev–Trinajstić information content (AvgIpc) is 2.38. The molecule has 0 bridgehead atoms. The fourth-order valence-corrected chi connectivity index (χ4v) is 1.93. The zero-order valence-corrected chi connectivity index (χ0v) is 12.4. The molecule has 104 valence electrons. The molecule has 1 amide bonds. The largest absolute Gasteiger partial charge is 0.394 e. The van der Waals surface area contributed by atoms with Crippen LogP contribution in [0.3, 0.4) is 0 Å². The van der Waals surface area contributed by atoms with Gasteiger partial charge in [-0.05, 0) is 31.6 Å². The molecule has 0 saturated heterocycles. The molecule has 1 aromatic carbocycles. The highest BCUT2D eigenvalue weighted by Crippen LogP contribution is 2.25. The second kappa shape index (κ2) is 6.94. The Balaban J connectivity index is 2.80. The number of aliphatic hydroxyl groups excluding tert-OH is 1. The van der Waals surface area contributed by atoms with Crippen molar-refractivity contribution in [3.8, 4) is 0 Å². The Morgan fingerprint density at radius 3 is 2.47 bits per heavy atom. The molecule has 0 aliphatic heterocycles. The molecule has 0 fully saturated rings. The maximum absolute atomic E-state index is 11.8. The van der Waals surface area contributed by atoms with Crippen LogP contribution in [0.1, 0.15) is 25.8 Å². The van der Waals surface area contributed by atoms with Gasteiger partial charge < -0.3 is 10.4 Å². The maximum atomic E-state index is 11.8. The highest BCUT2D eigenvalue weighted by Gasteiger charge is 2.21. The molecule has 0 heterocycles. The Bertz CT molecular complexity index is 462. The molecule has 1 atom stereocenters. The van der Waals surface area contributed by atoms with Crippen LogP contribution in [0.25, 0.3) is 6.08 Å². The van der Waals surface area contributed by atoms with Gasteiger partial charge in [0.1, 0.15) is 0 Å². The van der Waals surface area contributed by atoms with Crippen LogP contribution < -0.4 is 5.32 Å². The summed E-state index contributed by atoms with van der Waals surface area (Å²) in [5.41, 5.74) is -0.0192. The number of rotatable bonds is 5. The van der Waals surface area contributed by atoms with E-state index in [0.29, 0.717) is 22.0 Å². The monoisotopic (exact) mass is 301 g/mol. The second-order valence-corrected chi connectivity index (χ2v) is 5.34. The van der Waals surface area contributed by atoms with E-state index in [0.717, 1.165) is 0 Å². The van der Waals surface area contributed by atoms with Crippen LogP contribution in [0.2, 0.25) is 10.0 Å². The number of carbonyl (C=O) groups is 1. The summed E-state index contributed by atoms with van der Waals surface area (Å²) in [6.07, 6.45) is 3.56. The van der Waals surface area contributed by atoms with Crippen LogP contribution in [0.4, 0.5) is 0 Å². The Hall–Kier alpha value is -1.03. The predicted octanol–water partition coefficient (Wildman–Crippen LogP) is 3.28. The summed E-state index contributed by atoms with van der Waals surface area (Å²) in [7, 11) is 0. The van der Waals surface area contributed by atoms with Crippen LogP contribution in [0.15, 0.2) is 24.3 Å². The molecule has 19 heavy (non-hydrogen) atoms. The minimum atomic E-state index is -0.619. The van der Waals surface area contributed by atoms with E-state index in [1.54, 1.807) is 31.2 Å². The van der Waals surface area contributed by atoms with E-state index in [-0.39, 0.29) is 12.5 Å². The van der Waals surface area contributed by atoms with Gasteiger partial charge in [0.15, 0.2) is 0 Å². The molecule has 1 rings (SSSR count). The minimum absolute atomic E-state index is 0.115. The molecule has 0 spiro atoms. The third-order valence-electron chi connectivity index (χ3n) is 2.96. The summed E-state index contributed by atoms with van der Waals surface area (Å²) in [6.45, 7) is 3.56. The van der Waals surface area contributed by atoms with E-state index < -0.39 is 5.54 Å². The van der Waals surface area contributed by atoms with Gasteiger partial charge in [0.05, 0.1) is 12.1 Å². The van der Waals surface area contributed by atoms with Gasteiger partial charge in [0.25, 0.3) is 0 Å². The fourth-order valence-electron chi connectivity index (χ4n) is 1.41. The van der Waals surface area contributed by atoms with Crippen molar-refractivity contribution in [2.45, 2.75) is 25.8 Å². The van der Waals surface area contributed by atoms with Gasteiger partial charge in [-0.25, -0.2) is 0 Å². The molecule has 0 saturated carbocycles. The molecule has 0 aliphatic rings. The van der Waals surface area contributed by atoms with Crippen LogP contribution in [-0.4, -0.2) is 23.2 Å². The lowest BCUT2D eigenvalue weighted by molar-refractivity contribution is -0.118. The van der Waals surface area contributed by atoms with Gasteiger partial charge in [-0.15, -0.1) is 0 Å². The lowest BCUT2D eigenvalue weighted by atomic mass is 10.0. The predicted molar refractivity (Wildman–Crippen MR) is 79.4 cm³/mol. The van der Waals surface area contributed by atoms with E-state index in [1.807, 2.05) is 6.92 Å². The van der Waals surface area contributed by atoms with Gasteiger partial charge in [-0.1, -0.05) is 36.2 Å². The van der Waals surface area contributed by atoms with Gasteiger partial charge in [0, 0.05) is 21.7 Å². The summed E-state index contributed by atoms with van der Waals surface area (Å²) >= 11 is 12.0. The maximum Gasteiger partial charge on any atom is 0.244 e. The molecule has 0 radical (unpaired) electrons. The highest BCUT2D eigenvalue weighted by molar-refractivity contribution is 6.37. The topological polar surface area (TPSA) is 49.3 Å². The number of amides is 1.